The fourth-order valence-electron chi connectivity index (χ4n) is 2.91. The van der Waals surface area contributed by atoms with E-state index in [0.29, 0.717) is 23.9 Å². The van der Waals surface area contributed by atoms with Crippen LogP contribution in [0.15, 0.2) is 24.5 Å². The van der Waals surface area contributed by atoms with Gasteiger partial charge in [-0.15, -0.1) is 0 Å². The normalized spacial score (nSPS) is 17.1. The predicted octanol–water partition coefficient (Wildman–Crippen LogP) is 3.92. The number of hydrogen-bond acceptors (Lipinski definition) is 6. The minimum atomic E-state index is -0.485. The minimum Gasteiger partial charge on any atom is -0.444 e. The van der Waals surface area contributed by atoms with Crippen LogP contribution in [0.4, 0.5) is 10.6 Å². The molecule has 2 aromatic rings. The molecule has 2 aromatic heterocycles. The second-order valence-electron chi connectivity index (χ2n) is 7.61. The van der Waals surface area contributed by atoms with Gasteiger partial charge in [-0.2, -0.15) is 0 Å². The number of nitrogens with zero attached hydrogens (tertiary/aromatic N) is 4. The predicted molar refractivity (Wildman–Crippen MR) is 105 cm³/mol. The maximum absolute atomic E-state index is 12.2. The summed E-state index contributed by atoms with van der Waals surface area (Å²) in [5.41, 5.74) is 1.20. The number of ether oxygens (including phenoxy) is 1. The first-order chi connectivity index (χ1) is 12.7. The van der Waals surface area contributed by atoms with Crippen molar-refractivity contribution in [3.8, 4) is 11.4 Å². The Morgan fingerprint density at radius 3 is 2.63 bits per heavy atom. The molecule has 0 radical (unpaired) electrons. The highest BCUT2D eigenvalue weighted by atomic mass is 35.5. The molecule has 0 aliphatic carbocycles. The number of halogens is 1. The zero-order chi connectivity index (χ0) is 19.6. The Hall–Kier alpha value is -2.41. The number of rotatable bonds is 3. The molecule has 144 valence electrons. The lowest BCUT2D eigenvalue weighted by Gasteiger charge is -2.24. The molecule has 1 aliphatic heterocycles. The summed E-state index contributed by atoms with van der Waals surface area (Å²) >= 11 is 5.84. The molecule has 8 heteroatoms. The third-order valence-electron chi connectivity index (χ3n) is 4.14. The number of amides is 1. The quantitative estimate of drug-likeness (QED) is 0.856. The molecule has 3 heterocycles. The fourth-order valence-corrected chi connectivity index (χ4v) is 3.01. The first kappa shape index (κ1) is 19.4. The van der Waals surface area contributed by atoms with Crippen molar-refractivity contribution >= 4 is 23.5 Å². The van der Waals surface area contributed by atoms with Crippen molar-refractivity contribution in [2.75, 3.05) is 18.4 Å². The lowest BCUT2D eigenvalue weighted by Crippen LogP contribution is -2.36. The van der Waals surface area contributed by atoms with Gasteiger partial charge >= 0.3 is 6.09 Å². The van der Waals surface area contributed by atoms with E-state index in [2.05, 4.69) is 20.3 Å². The molecule has 0 bridgehead atoms. The first-order valence-electron chi connectivity index (χ1n) is 8.91. The average Bonchev–Trinajstić information content (AvgIpc) is 3.03. The van der Waals surface area contributed by atoms with Crippen LogP contribution >= 0.6 is 11.6 Å². The Kier molecular flexibility index (Phi) is 5.51. The summed E-state index contributed by atoms with van der Waals surface area (Å²) in [6.07, 6.45) is 3.71. The number of carbonyl (C=O) groups excluding carboxylic acids is 1. The van der Waals surface area contributed by atoms with Crippen LogP contribution in [-0.4, -0.2) is 50.7 Å². The van der Waals surface area contributed by atoms with Crippen molar-refractivity contribution in [1.82, 2.24) is 19.9 Å². The van der Waals surface area contributed by atoms with Gasteiger partial charge in [-0.1, -0.05) is 11.6 Å². The van der Waals surface area contributed by atoms with Crippen molar-refractivity contribution in [2.24, 2.45) is 0 Å². The Morgan fingerprint density at radius 1 is 1.30 bits per heavy atom. The number of hydrogen-bond donors (Lipinski definition) is 1. The van der Waals surface area contributed by atoms with Gasteiger partial charge in [0, 0.05) is 37.1 Å². The number of aryl methyl sites for hydroxylation is 1. The van der Waals surface area contributed by atoms with E-state index in [1.54, 1.807) is 17.3 Å². The standard InChI is InChI=1S/C19H24ClN5O2/c1-12-15(17-21-9-13(20)10-22-17)5-6-16(23-12)24-14-7-8-25(11-14)18(26)27-19(2,3)4/h5-6,9-10,14H,7-8,11H2,1-4H3,(H,23,24). The molecule has 1 aliphatic rings. The number of pyridine rings is 1. The summed E-state index contributed by atoms with van der Waals surface area (Å²) in [6, 6.07) is 3.98. The van der Waals surface area contributed by atoms with Crippen LogP contribution < -0.4 is 5.32 Å². The lowest BCUT2D eigenvalue weighted by molar-refractivity contribution is 0.0293. The summed E-state index contributed by atoms with van der Waals surface area (Å²) < 4.78 is 5.43. The third-order valence-corrected chi connectivity index (χ3v) is 4.33. The Labute approximate surface area is 164 Å². The maximum atomic E-state index is 12.2. The molecule has 1 atom stereocenters. The number of likely N-dealkylation sites (tertiary alicyclic amines) is 1. The van der Waals surface area contributed by atoms with Crippen LogP contribution in [0.2, 0.25) is 5.02 Å². The SMILES string of the molecule is Cc1nc(NC2CCN(C(=O)OC(C)(C)C)C2)ccc1-c1ncc(Cl)cn1. The van der Waals surface area contributed by atoms with Crippen molar-refractivity contribution in [2.45, 2.75) is 45.8 Å². The van der Waals surface area contributed by atoms with Gasteiger partial charge in [-0.3, -0.25) is 0 Å². The van der Waals surface area contributed by atoms with E-state index in [1.807, 2.05) is 39.8 Å². The fraction of sp³-hybridized carbons (Fsp3) is 0.474. The minimum absolute atomic E-state index is 0.141. The van der Waals surface area contributed by atoms with Crippen LogP contribution in [0.1, 0.15) is 32.9 Å². The molecule has 3 rings (SSSR count). The zero-order valence-corrected chi connectivity index (χ0v) is 16.7. The van der Waals surface area contributed by atoms with Crippen molar-refractivity contribution in [1.29, 1.82) is 0 Å². The van der Waals surface area contributed by atoms with Crippen LogP contribution in [0.3, 0.4) is 0 Å². The largest absolute Gasteiger partial charge is 0.444 e. The second-order valence-corrected chi connectivity index (χ2v) is 8.05. The number of anilines is 1. The monoisotopic (exact) mass is 389 g/mol. The molecule has 27 heavy (non-hydrogen) atoms. The highest BCUT2D eigenvalue weighted by Crippen LogP contribution is 2.23. The molecule has 1 amide bonds. The van der Waals surface area contributed by atoms with Crippen molar-refractivity contribution < 1.29 is 9.53 Å². The van der Waals surface area contributed by atoms with E-state index in [0.717, 1.165) is 23.5 Å². The van der Waals surface area contributed by atoms with Crippen molar-refractivity contribution in [3.05, 3.63) is 35.2 Å². The smallest absolute Gasteiger partial charge is 0.410 e. The number of nitrogens with one attached hydrogen (secondary N) is 1. The summed E-state index contributed by atoms with van der Waals surface area (Å²) in [6.45, 7) is 8.79. The lowest BCUT2D eigenvalue weighted by atomic mass is 10.2. The van der Waals surface area contributed by atoms with Gasteiger partial charge in [0.15, 0.2) is 5.82 Å². The summed E-state index contributed by atoms with van der Waals surface area (Å²) in [7, 11) is 0. The van der Waals surface area contributed by atoms with E-state index in [-0.39, 0.29) is 12.1 Å². The van der Waals surface area contributed by atoms with E-state index in [4.69, 9.17) is 16.3 Å². The molecule has 0 aromatic carbocycles. The third kappa shape index (κ3) is 5.07. The molecule has 0 saturated carbocycles. The maximum Gasteiger partial charge on any atom is 0.410 e. The number of carbonyl (C=O) groups is 1. The van der Waals surface area contributed by atoms with Gasteiger partial charge in [-0.25, -0.2) is 19.7 Å². The Balaban J connectivity index is 1.63. The summed E-state index contributed by atoms with van der Waals surface area (Å²) in [4.78, 5) is 27.0. The summed E-state index contributed by atoms with van der Waals surface area (Å²) in [5, 5.41) is 3.89. The van der Waals surface area contributed by atoms with E-state index in [9.17, 15) is 4.79 Å². The molecule has 1 fully saturated rings. The van der Waals surface area contributed by atoms with Crippen LogP contribution in [0.25, 0.3) is 11.4 Å². The second kappa shape index (κ2) is 7.68. The highest BCUT2D eigenvalue weighted by molar-refractivity contribution is 6.30. The molecular formula is C19H24ClN5O2. The van der Waals surface area contributed by atoms with Crippen LogP contribution in [-0.2, 0) is 4.74 Å². The molecule has 1 saturated heterocycles. The zero-order valence-electron chi connectivity index (χ0n) is 16.0. The van der Waals surface area contributed by atoms with E-state index >= 15 is 0 Å². The van der Waals surface area contributed by atoms with Gasteiger partial charge < -0.3 is 15.0 Å². The van der Waals surface area contributed by atoms with Gasteiger partial charge in [0.25, 0.3) is 0 Å². The van der Waals surface area contributed by atoms with Gasteiger partial charge in [0.2, 0.25) is 0 Å². The highest BCUT2D eigenvalue weighted by Gasteiger charge is 2.29. The van der Waals surface area contributed by atoms with E-state index in [1.165, 1.54) is 0 Å². The van der Waals surface area contributed by atoms with Crippen molar-refractivity contribution in [3.63, 3.8) is 0 Å². The Bertz CT molecular complexity index is 820. The topological polar surface area (TPSA) is 80.2 Å². The Morgan fingerprint density at radius 2 is 2.00 bits per heavy atom. The molecular weight excluding hydrogens is 366 g/mol. The van der Waals surface area contributed by atoms with Gasteiger partial charge in [0.1, 0.15) is 11.4 Å². The van der Waals surface area contributed by atoms with Gasteiger partial charge in [-0.05, 0) is 46.2 Å². The summed E-state index contributed by atoms with van der Waals surface area (Å²) in [5.74, 6) is 1.36. The van der Waals surface area contributed by atoms with Gasteiger partial charge in [0.05, 0.1) is 10.7 Å². The average molecular weight is 390 g/mol. The molecule has 1 N–H and O–H groups in total. The molecule has 1 unspecified atom stereocenters. The number of aromatic nitrogens is 3. The molecule has 7 nitrogen and oxygen atoms in total. The van der Waals surface area contributed by atoms with E-state index < -0.39 is 5.60 Å². The van der Waals surface area contributed by atoms with Crippen LogP contribution in [0.5, 0.6) is 0 Å². The first-order valence-corrected chi connectivity index (χ1v) is 9.29. The molecule has 0 spiro atoms. The van der Waals surface area contributed by atoms with Crippen LogP contribution in [0, 0.1) is 6.92 Å².